The number of nitrogens with zero attached hydrogens (tertiary/aromatic N) is 2. The molecule has 2 atom stereocenters. The molecule has 3 aromatic rings. The van der Waals surface area contributed by atoms with Gasteiger partial charge >= 0.3 is 0 Å². The number of nitrogens with one attached hydrogen (secondary N) is 1. The largest absolute Gasteiger partial charge is 0.392 e. The van der Waals surface area contributed by atoms with E-state index in [1.54, 1.807) is 0 Å². The predicted octanol–water partition coefficient (Wildman–Crippen LogP) is 7.08. The first-order chi connectivity index (χ1) is 17.6. The molecule has 2 aliphatic rings. The van der Waals surface area contributed by atoms with E-state index in [0.29, 0.717) is 5.92 Å². The monoisotopic (exact) mass is 475 g/mol. The van der Waals surface area contributed by atoms with Gasteiger partial charge in [-0.1, -0.05) is 86.0 Å². The van der Waals surface area contributed by atoms with Crippen LogP contribution in [-0.4, -0.2) is 24.5 Å². The third-order valence-corrected chi connectivity index (χ3v) is 7.85. The molecule has 0 aromatic heterocycles. The van der Waals surface area contributed by atoms with Gasteiger partial charge in [-0.3, -0.25) is 0 Å². The van der Waals surface area contributed by atoms with Crippen LogP contribution in [0.2, 0.25) is 0 Å². The van der Waals surface area contributed by atoms with Crippen molar-refractivity contribution in [1.29, 1.82) is 0 Å². The molecule has 3 aromatic carbocycles. The number of benzene rings is 3. The highest BCUT2D eigenvalue weighted by Crippen LogP contribution is 2.42. The lowest BCUT2D eigenvalue weighted by Crippen LogP contribution is -2.31. The molecule has 3 heteroatoms. The standard InChI is InChI=1S/C33H37N3/c1-5-29(17-15-24(2)34-4)36-23-28-21-27(16-18-30(28)25(36)3)31-19-20-35(22-26-11-7-6-8-12-26)33-14-10-9-13-32(31)33/h5-14,16,18,21,29,31,34H,1-3,15,17,19-20,22-23H2,4H3. The molecule has 0 amide bonds. The van der Waals surface area contributed by atoms with Gasteiger partial charge in [-0.25, -0.2) is 0 Å². The van der Waals surface area contributed by atoms with Gasteiger partial charge in [0.1, 0.15) is 0 Å². The van der Waals surface area contributed by atoms with Crippen molar-refractivity contribution in [3.63, 3.8) is 0 Å². The lowest BCUT2D eigenvalue weighted by Gasteiger charge is -2.36. The number of fused-ring (bicyclic) bond motifs is 2. The molecule has 0 fully saturated rings. The lowest BCUT2D eigenvalue weighted by atomic mass is 9.83. The minimum atomic E-state index is 0.250. The molecule has 0 radical (unpaired) electrons. The highest BCUT2D eigenvalue weighted by atomic mass is 15.2. The number of hydrogen-bond acceptors (Lipinski definition) is 3. The molecule has 0 saturated heterocycles. The van der Waals surface area contributed by atoms with Crippen molar-refractivity contribution in [2.45, 2.75) is 44.3 Å². The molecule has 2 heterocycles. The van der Waals surface area contributed by atoms with E-state index < -0.39 is 0 Å². The first-order valence-electron chi connectivity index (χ1n) is 13.0. The lowest BCUT2D eigenvalue weighted by molar-refractivity contribution is 0.331. The molecule has 2 unspecified atom stereocenters. The minimum Gasteiger partial charge on any atom is -0.392 e. The number of anilines is 1. The van der Waals surface area contributed by atoms with E-state index in [-0.39, 0.29) is 6.04 Å². The fourth-order valence-corrected chi connectivity index (χ4v) is 5.79. The second kappa shape index (κ2) is 10.5. The molecule has 2 aliphatic heterocycles. The van der Waals surface area contributed by atoms with Crippen LogP contribution in [0.15, 0.2) is 104 Å². The molecule has 184 valence electrons. The molecule has 0 aliphatic carbocycles. The van der Waals surface area contributed by atoms with E-state index in [0.717, 1.165) is 50.3 Å². The Morgan fingerprint density at radius 2 is 1.86 bits per heavy atom. The quantitative estimate of drug-likeness (QED) is 0.334. The van der Waals surface area contributed by atoms with E-state index in [1.165, 1.54) is 33.5 Å². The van der Waals surface area contributed by atoms with Crippen molar-refractivity contribution in [3.8, 4) is 0 Å². The average Bonchev–Trinajstić information content (AvgIpc) is 3.25. The summed E-state index contributed by atoms with van der Waals surface area (Å²) in [5.41, 5.74) is 10.4. The van der Waals surface area contributed by atoms with Gasteiger partial charge < -0.3 is 15.1 Å². The summed E-state index contributed by atoms with van der Waals surface area (Å²) in [7, 11) is 1.93. The van der Waals surface area contributed by atoms with Crippen LogP contribution in [0.4, 0.5) is 5.69 Å². The molecule has 36 heavy (non-hydrogen) atoms. The van der Waals surface area contributed by atoms with Crippen LogP contribution in [-0.2, 0) is 13.1 Å². The third-order valence-electron chi connectivity index (χ3n) is 7.85. The molecule has 5 rings (SSSR count). The van der Waals surface area contributed by atoms with E-state index in [2.05, 4.69) is 114 Å². The Balaban J connectivity index is 1.37. The summed E-state index contributed by atoms with van der Waals surface area (Å²) in [5, 5.41) is 3.16. The smallest absolute Gasteiger partial charge is 0.0477 e. The van der Waals surface area contributed by atoms with Crippen LogP contribution in [0.5, 0.6) is 0 Å². The first-order valence-corrected chi connectivity index (χ1v) is 13.0. The van der Waals surface area contributed by atoms with Crippen molar-refractivity contribution in [2.24, 2.45) is 0 Å². The Labute approximate surface area is 216 Å². The van der Waals surface area contributed by atoms with Crippen molar-refractivity contribution >= 4 is 11.4 Å². The zero-order valence-electron chi connectivity index (χ0n) is 21.4. The van der Waals surface area contributed by atoms with Crippen molar-refractivity contribution in [1.82, 2.24) is 10.2 Å². The minimum absolute atomic E-state index is 0.250. The topological polar surface area (TPSA) is 18.5 Å². The van der Waals surface area contributed by atoms with Crippen molar-refractivity contribution in [3.05, 3.63) is 132 Å². The Hall–Kier alpha value is -3.72. The second-order valence-electron chi connectivity index (χ2n) is 9.99. The summed E-state index contributed by atoms with van der Waals surface area (Å²) in [6.07, 6.45) is 5.08. The summed E-state index contributed by atoms with van der Waals surface area (Å²) in [5.74, 6) is 0.412. The summed E-state index contributed by atoms with van der Waals surface area (Å²) < 4.78 is 0. The number of hydrogen-bond donors (Lipinski definition) is 1. The Kier molecular flexibility index (Phi) is 6.99. The van der Waals surface area contributed by atoms with Crippen LogP contribution in [0.25, 0.3) is 5.70 Å². The van der Waals surface area contributed by atoms with Crippen LogP contribution in [0.3, 0.4) is 0 Å². The molecule has 0 bridgehead atoms. The number of rotatable bonds is 9. The first kappa shape index (κ1) is 24.0. The third kappa shape index (κ3) is 4.70. The fourth-order valence-electron chi connectivity index (χ4n) is 5.79. The molecule has 0 spiro atoms. The van der Waals surface area contributed by atoms with Crippen LogP contribution in [0, 0.1) is 0 Å². The summed E-state index contributed by atoms with van der Waals surface area (Å²) in [4.78, 5) is 4.94. The summed E-state index contributed by atoms with van der Waals surface area (Å²) >= 11 is 0. The maximum Gasteiger partial charge on any atom is 0.0477 e. The maximum atomic E-state index is 4.45. The van der Waals surface area contributed by atoms with E-state index in [1.807, 2.05) is 7.05 Å². The van der Waals surface area contributed by atoms with Crippen LogP contribution in [0.1, 0.15) is 53.0 Å². The molecular weight excluding hydrogens is 438 g/mol. The van der Waals surface area contributed by atoms with Crippen LogP contribution >= 0.6 is 0 Å². The molecule has 1 N–H and O–H groups in total. The zero-order valence-corrected chi connectivity index (χ0v) is 21.4. The molecular formula is C33H37N3. The second-order valence-corrected chi connectivity index (χ2v) is 9.99. The van der Waals surface area contributed by atoms with Gasteiger partial charge in [0.15, 0.2) is 0 Å². The SMILES string of the molecule is C=CC(CCC(=C)NC)N1Cc2cc(C3CCN(Cc4ccccc4)c4ccccc43)ccc2C1=C. The van der Waals surface area contributed by atoms with E-state index >= 15 is 0 Å². The normalized spacial score (nSPS) is 17.4. The highest BCUT2D eigenvalue weighted by molar-refractivity contribution is 5.70. The van der Waals surface area contributed by atoms with Gasteiger partial charge in [0, 0.05) is 61.3 Å². The number of para-hydroxylation sites is 1. The van der Waals surface area contributed by atoms with Gasteiger partial charge in [0.2, 0.25) is 0 Å². The van der Waals surface area contributed by atoms with E-state index in [4.69, 9.17) is 0 Å². The Morgan fingerprint density at radius 3 is 2.64 bits per heavy atom. The highest BCUT2D eigenvalue weighted by Gasteiger charge is 2.30. The van der Waals surface area contributed by atoms with Gasteiger partial charge in [-0.2, -0.15) is 0 Å². The van der Waals surface area contributed by atoms with Gasteiger partial charge in [0.05, 0.1) is 0 Å². The summed E-state index contributed by atoms with van der Waals surface area (Å²) in [6.45, 7) is 15.6. The fraction of sp³-hybridized carbons (Fsp3) is 0.273. The average molecular weight is 476 g/mol. The van der Waals surface area contributed by atoms with Crippen molar-refractivity contribution in [2.75, 3.05) is 18.5 Å². The van der Waals surface area contributed by atoms with Gasteiger partial charge in [0.25, 0.3) is 0 Å². The van der Waals surface area contributed by atoms with Crippen LogP contribution < -0.4 is 10.2 Å². The number of allylic oxidation sites excluding steroid dienone is 1. The van der Waals surface area contributed by atoms with Gasteiger partial charge in [-0.15, -0.1) is 6.58 Å². The Bertz CT molecular complexity index is 1260. The zero-order chi connectivity index (χ0) is 25.1. The molecule has 0 saturated carbocycles. The van der Waals surface area contributed by atoms with Gasteiger partial charge in [-0.05, 0) is 47.6 Å². The molecule has 3 nitrogen and oxygen atoms in total. The predicted molar refractivity (Wildman–Crippen MR) is 153 cm³/mol. The van der Waals surface area contributed by atoms with Crippen molar-refractivity contribution < 1.29 is 0 Å². The van der Waals surface area contributed by atoms with E-state index in [9.17, 15) is 0 Å². The Morgan fingerprint density at radius 1 is 1.08 bits per heavy atom. The summed E-state index contributed by atoms with van der Waals surface area (Å²) in [6, 6.07) is 27.0. The maximum absolute atomic E-state index is 4.45.